The van der Waals surface area contributed by atoms with Gasteiger partial charge in [-0.05, 0) is 34.7 Å². The quantitative estimate of drug-likeness (QED) is 0.623. The summed E-state index contributed by atoms with van der Waals surface area (Å²) in [4.78, 5) is 22.3. The van der Waals surface area contributed by atoms with Gasteiger partial charge in [-0.15, -0.1) is 0 Å². The Labute approximate surface area is 125 Å². The lowest BCUT2D eigenvalue weighted by molar-refractivity contribution is -0.167. The van der Waals surface area contributed by atoms with Gasteiger partial charge in [0.2, 0.25) is 0 Å². The first-order valence-electron chi connectivity index (χ1n) is 5.04. The van der Waals surface area contributed by atoms with Crippen molar-refractivity contribution in [3.8, 4) is 5.75 Å². The molecule has 1 rings (SSSR count). The third kappa shape index (κ3) is 3.74. The molecular formula is C11H9F3INO4. The van der Waals surface area contributed by atoms with Gasteiger partial charge in [-0.2, -0.15) is 13.2 Å². The molecule has 0 saturated carbocycles. The largest absolute Gasteiger partial charge is 0.495 e. The predicted molar refractivity (Wildman–Crippen MR) is 71.7 cm³/mol. The van der Waals surface area contributed by atoms with Crippen LogP contribution < -0.4 is 10.1 Å². The SMILES string of the molecule is COC(=O)c1cc(I)c(NC(=O)C(F)(F)F)c(OC)c1. The summed E-state index contributed by atoms with van der Waals surface area (Å²) in [5.74, 6) is -2.87. The number of nitrogens with one attached hydrogen (secondary N) is 1. The highest BCUT2D eigenvalue weighted by Crippen LogP contribution is 2.33. The van der Waals surface area contributed by atoms with E-state index in [1.54, 1.807) is 27.9 Å². The van der Waals surface area contributed by atoms with Crippen molar-refractivity contribution in [3.05, 3.63) is 21.3 Å². The second-order valence-electron chi connectivity index (χ2n) is 3.48. The number of ether oxygens (including phenoxy) is 2. The van der Waals surface area contributed by atoms with Crippen LogP contribution in [0.2, 0.25) is 0 Å². The molecule has 0 spiro atoms. The van der Waals surface area contributed by atoms with Crippen molar-refractivity contribution in [2.24, 2.45) is 0 Å². The maximum Gasteiger partial charge on any atom is 0.471 e. The van der Waals surface area contributed by atoms with E-state index in [2.05, 4.69) is 4.74 Å². The maximum atomic E-state index is 12.2. The minimum Gasteiger partial charge on any atom is -0.495 e. The molecule has 0 atom stereocenters. The average molecular weight is 403 g/mol. The van der Waals surface area contributed by atoms with Crippen LogP contribution in [-0.4, -0.2) is 32.3 Å². The third-order valence-electron chi connectivity index (χ3n) is 2.19. The van der Waals surface area contributed by atoms with Gasteiger partial charge in [0, 0.05) is 3.57 Å². The summed E-state index contributed by atoms with van der Waals surface area (Å²) in [6, 6.07) is 2.46. The molecule has 5 nitrogen and oxygen atoms in total. The van der Waals surface area contributed by atoms with Crippen molar-refractivity contribution in [1.29, 1.82) is 0 Å². The van der Waals surface area contributed by atoms with Gasteiger partial charge in [0.05, 0.1) is 25.5 Å². The molecule has 0 fully saturated rings. The number of carbonyl (C=O) groups is 2. The number of hydrogen-bond donors (Lipinski definition) is 1. The molecule has 20 heavy (non-hydrogen) atoms. The van der Waals surface area contributed by atoms with Gasteiger partial charge in [0.15, 0.2) is 0 Å². The van der Waals surface area contributed by atoms with Crippen LogP contribution in [-0.2, 0) is 9.53 Å². The van der Waals surface area contributed by atoms with E-state index in [4.69, 9.17) is 4.74 Å². The van der Waals surface area contributed by atoms with Crippen LogP contribution in [0.1, 0.15) is 10.4 Å². The highest BCUT2D eigenvalue weighted by Gasteiger charge is 2.39. The summed E-state index contributed by atoms with van der Waals surface area (Å²) in [5, 5.41) is 1.71. The van der Waals surface area contributed by atoms with E-state index in [0.717, 1.165) is 0 Å². The van der Waals surface area contributed by atoms with Crippen molar-refractivity contribution >= 4 is 40.2 Å². The first-order valence-corrected chi connectivity index (χ1v) is 6.12. The monoisotopic (exact) mass is 403 g/mol. The van der Waals surface area contributed by atoms with Gasteiger partial charge in [0.1, 0.15) is 5.75 Å². The van der Waals surface area contributed by atoms with Crippen LogP contribution in [0.5, 0.6) is 5.75 Å². The van der Waals surface area contributed by atoms with Crippen molar-refractivity contribution < 1.29 is 32.2 Å². The van der Waals surface area contributed by atoms with E-state index in [-0.39, 0.29) is 20.6 Å². The number of amides is 1. The minimum absolute atomic E-state index is 0.0742. The maximum absolute atomic E-state index is 12.2. The van der Waals surface area contributed by atoms with Crippen LogP contribution in [0.3, 0.4) is 0 Å². The molecule has 1 aromatic carbocycles. The fourth-order valence-electron chi connectivity index (χ4n) is 1.28. The molecule has 0 aliphatic rings. The highest BCUT2D eigenvalue weighted by atomic mass is 127. The van der Waals surface area contributed by atoms with Gasteiger partial charge in [0.25, 0.3) is 0 Å². The Hall–Kier alpha value is -1.52. The standard InChI is InChI=1S/C11H9F3INO4/c1-19-7-4-5(9(17)20-2)3-6(15)8(7)16-10(18)11(12,13)14/h3-4H,1-2H3,(H,16,18). The van der Waals surface area contributed by atoms with E-state index in [9.17, 15) is 22.8 Å². The zero-order valence-corrected chi connectivity index (χ0v) is 12.5. The number of rotatable bonds is 3. The van der Waals surface area contributed by atoms with Crippen LogP contribution in [0.25, 0.3) is 0 Å². The Morgan fingerprint density at radius 1 is 1.25 bits per heavy atom. The molecule has 0 aliphatic carbocycles. The Bertz CT molecular complexity index is 545. The highest BCUT2D eigenvalue weighted by molar-refractivity contribution is 14.1. The Morgan fingerprint density at radius 2 is 1.85 bits per heavy atom. The smallest absolute Gasteiger partial charge is 0.471 e. The van der Waals surface area contributed by atoms with E-state index in [0.29, 0.717) is 0 Å². The summed E-state index contributed by atoms with van der Waals surface area (Å²) in [7, 11) is 2.37. The zero-order chi connectivity index (χ0) is 15.5. The summed E-state index contributed by atoms with van der Waals surface area (Å²) in [5.41, 5.74) is -0.0677. The summed E-state index contributed by atoms with van der Waals surface area (Å²) in [6.07, 6.45) is -5.02. The van der Waals surface area contributed by atoms with Crippen molar-refractivity contribution in [2.75, 3.05) is 19.5 Å². The first-order chi connectivity index (χ1) is 9.20. The Kier molecular flexibility index (Phi) is 5.20. The van der Waals surface area contributed by atoms with E-state index >= 15 is 0 Å². The van der Waals surface area contributed by atoms with Crippen LogP contribution in [0.4, 0.5) is 18.9 Å². The lowest BCUT2D eigenvalue weighted by atomic mass is 10.2. The third-order valence-corrected chi connectivity index (χ3v) is 3.04. The van der Waals surface area contributed by atoms with Gasteiger partial charge in [-0.1, -0.05) is 0 Å². The number of hydrogen-bond acceptors (Lipinski definition) is 4. The van der Waals surface area contributed by atoms with Gasteiger partial charge >= 0.3 is 18.1 Å². The summed E-state index contributed by atoms with van der Waals surface area (Å²) < 4.78 is 46.3. The van der Waals surface area contributed by atoms with Crippen LogP contribution >= 0.6 is 22.6 Å². The summed E-state index contributed by atoms with van der Waals surface area (Å²) >= 11 is 1.68. The number of carbonyl (C=O) groups excluding carboxylic acids is 2. The molecule has 0 aromatic heterocycles. The number of alkyl halides is 3. The average Bonchev–Trinajstić information content (AvgIpc) is 2.38. The molecule has 0 aliphatic heterocycles. The molecule has 1 N–H and O–H groups in total. The number of methoxy groups -OCH3 is 2. The number of benzene rings is 1. The molecule has 1 amide bonds. The molecule has 110 valence electrons. The van der Waals surface area contributed by atoms with Gasteiger partial charge in [-0.25, -0.2) is 4.79 Å². The first kappa shape index (κ1) is 16.5. The summed E-state index contributed by atoms with van der Waals surface area (Å²) in [6.45, 7) is 0. The molecule has 0 radical (unpaired) electrons. The van der Waals surface area contributed by atoms with Crippen LogP contribution in [0.15, 0.2) is 12.1 Å². The number of halogens is 4. The Morgan fingerprint density at radius 3 is 2.30 bits per heavy atom. The molecule has 0 saturated heterocycles. The van der Waals surface area contributed by atoms with Gasteiger partial charge < -0.3 is 14.8 Å². The number of esters is 1. The minimum atomic E-state index is -5.02. The molecule has 0 heterocycles. The second-order valence-corrected chi connectivity index (χ2v) is 4.64. The van der Waals surface area contributed by atoms with E-state index in [1.165, 1.54) is 26.4 Å². The molecule has 0 bridgehead atoms. The zero-order valence-electron chi connectivity index (χ0n) is 10.3. The molecular weight excluding hydrogens is 394 g/mol. The lowest BCUT2D eigenvalue weighted by Crippen LogP contribution is -2.30. The molecule has 9 heteroatoms. The van der Waals surface area contributed by atoms with Crippen LogP contribution in [0, 0.1) is 3.57 Å². The predicted octanol–water partition coefficient (Wildman–Crippen LogP) is 2.59. The lowest BCUT2D eigenvalue weighted by Gasteiger charge is -2.14. The van der Waals surface area contributed by atoms with Crippen molar-refractivity contribution in [3.63, 3.8) is 0 Å². The van der Waals surface area contributed by atoms with Crippen molar-refractivity contribution in [2.45, 2.75) is 6.18 Å². The second kappa shape index (κ2) is 6.29. The fourth-order valence-corrected chi connectivity index (χ4v) is 2.02. The Balaban J connectivity index is 3.21. The van der Waals surface area contributed by atoms with Crippen molar-refractivity contribution in [1.82, 2.24) is 0 Å². The van der Waals surface area contributed by atoms with E-state index < -0.39 is 18.1 Å². The molecule has 0 unspecified atom stereocenters. The fraction of sp³-hybridized carbons (Fsp3) is 0.273. The molecule has 1 aromatic rings. The number of anilines is 1. The van der Waals surface area contributed by atoms with E-state index in [1.807, 2.05) is 0 Å². The normalized spacial score (nSPS) is 10.9. The topological polar surface area (TPSA) is 64.6 Å². The van der Waals surface area contributed by atoms with Gasteiger partial charge in [-0.3, -0.25) is 4.79 Å².